The topological polar surface area (TPSA) is 51.8 Å². The molecule has 298 valence electrons. The first kappa shape index (κ1) is 36.0. The van der Waals surface area contributed by atoms with Crippen LogP contribution < -0.4 is 0 Å². The van der Waals surface area contributed by atoms with Crippen LogP contribution >= 0.6 is 34.0 Å². The van der Waals surface area contributed by atoms with Crippen molar-refractivity contribution in [3.8, 4) is 56.4 Å². The Hall–Kier alpha value is -7.55. The summed E-state index contributed by atoms with van der Waals surface area (Å²) >= 11 is 5.45. The lowest BCUT2D eigenvalue weighted by molar-refractivity contribution is 0.669. The highest BCUT2D eigenvalue weighted by molar-refractivity contribution is 7.26. The molecule has 0 amide bonds. The Labute approximate surface area is 378 Å². The molecule has 0 N–H and O–H groups in total. The second-order valence-electron chi connectivity index (χ2n) is 16.3. The van der Waals surface area contributed by atoms with E-state index in [0.717, 1.165) is 44.2 Å². The largest absolute Gasteiger partial charge is 0.456 e. The Morgan fingerprint density at radius 2 is 0.812 bits per heavy atom. The Balaban J connectivity index is 0.958. The maximum absolute atomic E-state index is 6.62. The minimum absolute atomic E-state index is 0.603. The minimum Gasteiger partial charge on any atom is -0.456 e. The van der Waals surface area contributed by atoms with Crippen LogP contribution in [-0.2, 0) is 0 Å². The summed E-state index contributed by atoms with van der Waals surface area (Å²) in [7, 11) is 0. The first-order chi connectivity index (χ1) is 31.7. The van der Waals surface area contributed by atoms with E-state index >= 15 is 0 Å². The first-order valence-electron chi connectivity index (χ1n) is 21.2. The molecular weight excluding hydrogens is 839 g/mol. The van der Waals surface area contributed by atoms with Gasteiger partial charge in [0.25, 0.3) is 0 Å². The molecule has 0 saturated carbocycles. The minimum atomic E-state index is 0.603. The van der Waals surface area contributed by atoms with Crippen molar-refractivity contribution in [2.24, 2.45) is 0 Å². The average molecular weight is 870 g/mol. The number of fused-ring (bicyclic) bond motifs is 12. The number of benzene rings is 9. The van der Waals surface area contributed by atoms with Crippen LogP contribution in [0.2, 0.25) is 0 Å². The van der Waals surface area contributed by atoms with Crippen LogP contribution in [0.15, 0.2) is 192 Å². The molecule has 0 aliphatic carbocycles. The van der Waals surface area contributed by atoms with Gasteiger partial charge < -0.3 is 4.42 Å². The average Bonchev–Trinajstić information content (AvgIpc) is 4.13. The molecule has 0 atom stereocenters. The first-order valence-corrected chi connectivity index (χ1v) is 23.7. The van der Waals surface area contributed by atoms with E-state index in [-0.39, 0.29) is 0 Å². The molecule has 9 aromatic carbocycles. The Morgan fingerprint density at radius 1 is 0.281 bits per heavy atom. The van der Waals surface area contributed by atoms with E-state index in [9.17, 15) is 0 Å². The molecule has 0 fully saturated rings. The van der Waals surface area contributed by atoms with Gasteiger partial charge in [0.05, 0.1) is 0 Å². The lowest BCUT2D eigenvalue weighted by atomic mass is 9.96. The molecule has 5 heterocycles. The maximum Gasteiger partial charge on any atom is 0.164 e. The van der Waals surface area contributed by atoms with Gasteiger partial charge in [-0.05, 0) is 76.9 Å². The number of hydrogen-bond donors (Lipinski definition) is 0. The fourth-order valence-electron chi connectivity index (χ4n) is 9.54. The number of thiophene rings is 3. The normalized spacial score (nSPS) is 12.1. The van der Waals surface area contributed by atoms with Crippen LogP contribution in [-0.4, -0.2) is 15.0 Å². The van der Waals surface area contributed by atoms with Crippen LogP contribution in [0.3, 0.4) is 0 Å². The van der Waals surface area contributed by atoms with Crippen molar-refractivity contribution in [1.82, 2.24) is 15.0 Å². The van der Waals surface area contributed by atoms with Crippen molar-refractivity contribution < 1.29 is 4.42 Å². The molecule has 5 aromatic heterocycles. The second-order valence-corrected chi connectivity index (χ2v) is 19.5. The summed E-state index contributed by atoms with van der Waals surface area (Å²) in [6.45, 7) is 0. The molecule has 4 nitrogen and oxygen atoms in total. The summed E-state index contributed by atoms with van der Waals surface area (Å²) in [4.78, 5) is 15.9. The van der Waals surface area contributed by atoms with Crippen molar-refractivity contribution >= 4 is 116 Å². The highest BCUT2D eigenvalue weighted by atomic mass is 32.1. The van der Waals surface area contributed by atoms with E-state index in [4.69, 9.17) is 19.4 Å². The van der Waals surface area contributed by atoms with Gasteiger partial charge in [0.2, 0.25) is 0 Å². The molecule has 0 aliphatic rings. The second kappa shape index (κ2) is 14.0. The van der Waals surface area contributed by atoms with Gasteiger partial charge in [-0.15, -0.1) is 34.0 Å². The highest BCUT2D eigenvalue weighted by Gasteiger charge is 2.21. The highest BCUT2D eigenvalue weighted by Crippen LogP contribution is 2.45. The van der Waals surface area contributed by atoms with Gasteiger partial charge in [0.1, 0.15) is 11.2 Å². The summed E-state index contributed by atoms with van der Waals surface area (Å²) < 4.78 is 14.1. The van der Waals surface area contributed by atoms with Gasteiger partial charge in [0, 0.05) is 88.0 Å². The van der Waals surface area contributed by atoms with Crippen molar-refractivity contribution in [2.75, 3.05) is 0 Å². The van der Waals surface area contributed by atoms with Crippen LogP contribution in [0.5, 0.6) is 0 Å². The zero-order valence-electron chi connectivity index (χ0n) is 33.9. The smallest absolute Gasteiger partial charge is 0.164 e. The fraction of sp³-hybridized carbons (Fsp3) is 0. The van der Waals surface area contributed by atoms with Crippen molar-refractivity contribution in [1.29, 1.82) is 0 Å². The van der Waals surface area contributed by atoms with Crippen LogP contribution in [0, 0.1) is 0 Å². The third-order valence-corrected chi connectivity index (χ3v) is 15.9. The number of hydrogen-bond acceptors (Lipinski definition) is 7. The van der Waals surface area contributed by atoms with Gasteiger partial charge in [0.15, 0.2) is 17.5 Å². The molecule has 14 rings (SSSR count). The Bertz CT molecular complexity index is 4080. The van der Waals surface area contributed by atoms with Crippen LogP contribution in [0.1, 0.15) is 0 Å². The summed E-state index contributed by atoms with van der Waals surface area (Å²) in [6.07, 6.45) is 0. The van der Waals surface area contributed by atoms with Crippen molar-refractivity contribution in [3.63, 3.8) is 0 Å². The lowest BCUT2D eigenvalue weighted by Crippen LogP contribution is -2.00. The van der Waals surface area contributed by atoms with E-state index in [0.29, 0.717) is 17.5 Å². The molecule has 0 radical (unpaired) electrons. The third-order valence-electron chi connectivity index (χ3n) is 12.6. The monoisotopic (exact) mass is 869 g/mol. The zero-order valence-corrected chi connectivity index (χ0v) is 36.3. The van der Waals surface area contributed by atoms with Gasteiger partial charge >= 0.3 is 0 Å². The molecular formula is C57H31N3OS3. The van der Waals surface area contributed by atoms with E-state index in [1.807, 2.05) is 23.5 Å². The van der Waals surface area contributed by atoms with Crippen molar-refractivity contribution in [3.05, 3.63) is 188 Å². The summed E-state index contributed by atoms with van der Waals surface area (Å²) in [6, 6.07) is 67.3. The van der Waals surface area contributed by atoms with Crippen molar-refractivity contribution in [2.45, 2.75) is 0 Å². The SMILES string of the molecule is c1ccc(-c2ccc3c(c2)sc2cccc(-c4ccc5oc6cccc(-c7nc(-c8ccc9c(c8)sc8ccccc89)nc(-c8ccc9c(c8)sc8ccccc89)n7)c6c5c4)c23)cc1. The molecule has 0 saturated heterocycles. The molecule has 0 unspecified atom stereocenters. The molecule has 0 aliphatic heterocycles. The molecule has 0 spiro atoms. The number of aromatic nitrogens is 3. The van der Waals surface area contributed by atoms with E-state index in [2.05, 4.69) is 176 Å². The van der Waals surface area contributed by atoms with Gasteiger partial charge in [-0.2, -0.15) is 0 Å². The van der Waals surface area contributed by atoms with Crippen LogP contribution in [0.25, 0.3) is 139 Å². The zero-order chi connectivity index (χ0) is 41.9. The predicted octanol–water partition coefficient (Wildman–Crippen LogP) is 17.2. The molecule has 0 bridgehead atoms. The third kappa shape index (κ3) is 5.61. The predicted molar refractivity (Wildman–Crippen MR) is 273 cm³/mol. The molecule has 64 heavy (non-hydrogen) atoms. The lowest BCUT2D eigenvalue weighted by Gasteiger charge is -2.10. The number of nitrogens with zero attached hydrogens (tertiary/aromatic N) is 3. The van der Waals surface area contributed by atoms with Gasteiger partial charge in [-0.1, -0.05) is 133 Å². The maximum atomic E-state index is 6.62. The number of rotatable bonds is 5. The quantitative estimate of drug-likeness (QED) is 0.173. The Morgan fingerprint density at radius 3 is 1.55 bits per heavy atom. The van der Waals surface area contributed by atoms with Crippen LogP contribution in [0.4, 0.5) is 0 Å². The van der Waals surface area contributed by atoms with E-state index < -0.39 is 0 Å². The van der Waals surface area contributed by atoms with E-state index in [1.54, 1.807) is 22.7 Å². The standard InChI is InChI=1S/C57H31N3OS3/c1-2-10-32(11-3-1)33-20-26-42-52(29-33)64-49-19-9-14-37(54(42)49)34-23-27-45-44(28-34)53-43(15-8-16-46(53)61-45)57-59-55(35-21-24-40-38-12-4-6-17-47(38)62-50(40)30-35)58-56(60-57)36-22-25-41-39-13-5-7-18-48(39)63-51(41)31-36/h1-31H. The fourth-order valence-corrected chi connectivity index (χ4v) is 13.0. The Kier molecular flexibility index (Phi) is 7.86. The van der Waals surface area contributed by atoms with E-state index in [1.165, 1.54) is 77.2 Å². The summed E-state index contributed by atoms with van der Waals surface area (Å²) in [5.74, 6) is 1.87. The summed E-state index contributed by atoms with van der Waals surface area (Å²) in [5, 5.41) is 9.55. The summed E-state index contributed by atoms with van der Waals surface area (Å²) in [5.41, 5.74) is 9.19. The molecule has 7 heteroatoms. The number of furan rings is 1. The van der Waals surface area contributed by atoms with Gasteiger partial charge in [-0.3, -0.25) is 0 Å². The molecule has 14 aromatic rings. The van der Waals surface area contributed by atoms with Gasteiger partial charge in [-0.25, -0.2) is 15.0 Å².